The molecule has 8 nitrogen and oxygen atoms in total. The molecule has 1 rings (SSSR count). The Morgan fingerprint density at radius 1 is 1.03 bits per heavy atom. The summed E-state index contributed by atoms with van der Waals surface area (Å²) in [5, 5.41) is 0. The van der Waals surface area contributed by atoms with Gasteiger partial charge >= 0.3 is 11.9 Å². The molecule has 0 aliphatic heterocycles. The second kappa shape index (κ2) is 12.2. The molecular formula is C22H35NO7S. The lowest BCUT2D eigenvalue weighted by atomic mass is 9.95. The van der Waals surface area contributed by atoms with Crippen molar-refractivity contribution in [3.05, 3.63) is 29.8 Å². The van der Waals surface area contributed by atoms with Crippen LogP contribution in [0.3, 0.4) is 0 Å². The highest BCUT2D eigenvalue weighted by atomic mass is 32.2. The van der Waals surface area contributed by atoms with Crippen LogP contribution in [-0.4, -0.2) is 45.2 Å². The number of carbonyl (C=O) groups excluding carboxylic acids is 2. The van der Waals surface area contributed by atoms with E-state index >= 15 is 0 Å². The Hall–Kier alpha value is -1.97. The predicted molar refractivity (Wildman–Crippen MR) is 117 cm³/mol. The van der Waals surface area contributed by atoms with Crippen LogP contribution in [0.25, 0.3) is 0 Å². The fourth-order valence-electron chi connectivity index (χ4n) is 2.79. The van der Waals surface area contributed by atoms with E-state index in [4.69, 9.17) is 19.4 Å². The molecular weight excluding hydrogens is 422 g/mol. The van der Waals surface area contributed by atoms with Gasteiger partial charge in [0.05, 0.1) is 24.0 Å². The third-order valence-corrected chi connectivity index (χ3v) is 5.73. The molecule has 31 heavy (non-hydrogen) atoms. The zero-order valence-corrected chi connectivity index (χ0v) is 19.9. The van der Waals surface area contributed by atoms with Crippen molar-refractivity contribution in [3.63, 3.8) is 0 Å². The monoisotopic (exact) mass is 457 g/mol. The number of aryl methyl sites for hydroxylation is 1. The molecule has 0 bridgehead atoms. The maximum absolute atomic E-state index is 12.3. The van der Waals surface area contributed by atoms with Crippen LogP contribution in [0.15, 0.2) is 29.2 Å². The third-order valence-electron chi connectivity index (χ3n) is 4.40. The van der Waals surface area contributed by atoms with Crippen LogP contribution in [0.4, 0.5) is 0 Å². The molecule has 2 unspecified atom stereocenters. The van der Waals surface area contributed by atoms with Crippen molar-refractivity contribution in [1.29, 1.82) is 0 Å². The van der Waals surface area contributed by atoms with Crippen LogP contribution in [-0.2, 0) is 33.4 Å². The second-order valence-electron chi connectivity index (χ2n) is 8.40. The largest absolute Gasteiger partial charge is 0.466 e. The Kier molecular flexibility index (Phi) is 10.6. The Balaban J connectivity index is 2.59. The molecule has 0 radical (unpaired) electrons. The maximum atomic E-state index is 12.3. The van der Waals surface area contributed by atoms with Crippen LogP contribution in [0.1, 0.15) is 58.9 Å². The predicted octanol–water partition coefficient (Wildman–Crippen LogP) is 3.11. The average molecular weight is 458 g/mol. The Morgan fingerprint density at radius 3 is 2.19 bits per heavy atom. The van der Waals surface area contributed by atoms with E-state index in [0.29, 0.717) is 19.3 Å². The smallest absolute Gasteiger partial charge is 0.323 e. The lowest BCUT2D eigenvalue weighted by Crippen LogP contribution is -2.38. The van der Waals surface area contributed by atoms with Crippen LogP contribution >= 0.6 is 0 Å². The van der Waals surface area contributed by atoms with Gasteiger partial charge in [-0.15, -0.1) is 0 Å². The Bertz CT molecular complexity index is 813. The fourth-order valence-corrected chi connectivity index (χ4v) is 3.73. The van der Waals surface area contributed by atoms with Gasteiger partial charge in [0.1, 0.15) is 11.6 Å². The molecule has 2 N–H and O–H groups in total. The van der Waals surface area contributed by atoms with Gasteiger partial charge < -0.3 is 15.2 Å². The molecule has 0 aromatic heterocycles. The van der Waals surface area contributed by atoms with Gasteiger partial charge in [0.2, 0.25) is 0 Å². The van der Waals surface area contributed by atoms with Crippen molar-refractivity contribution >= 4 is 22.1 Å². The molecule has 0 aliphatic rings. The van der Waals surface area contributed by atoms with E-state index in [1.54, 1.807) is 39.8 Å². The SMILES string of the molecule is CCOC(=O)C(CCCOS(=O)(=O)c1ccc(C)cc1)CCC(N)C(=O)OC(C)(C)C. The lowest BCUT2D eigenvalue weighted by molar-refractivity contribution is -0.157. The molecule has 0 spiro atoms. The van der Waals surface area contributed by atoms with Gasteiger partial charge in [0, 0.05) is 0 Å². The van der Waals surface area contributed by atoms with Crippen LogP contribution in [0.2, 0.25) is 0 Å². The summed E-state index contributed by atoms with van der Waals surface area (Å²) >= 11 is 0. The summed E-state index contributed by atoms with van der Waals surface area (Å²) < 4.78 is 39.9. The zero-order chi connectivity index (χ0) is 23.7. The van der Waals surface area contributed by atoms with Gasteiger partial charge in [0.15, 0.2) is 0 Å². The summed E-state index contributed by atoms with van der Waals surface area (Å²) in [4.78, 5) is 24.4. The van der Waals surface area contributed by atoms with Crippen molar-refractivity contribution in [2.75, 3.05) is 13.2 Å². The number of carbonyl (C=O) groups is 2. The van der Waals surface area contributed by atoms with E-state index < -0.39 is 39.6 Å². The van der Waals surface area contributed by atoms with Gasteiger partial charge in [0.25, 0.3) is 10.1 Å². The molecule has 0 saturated heterocycles. The summed E-state index contributed by atoms with van der Waals surface area (Å²) in [7, 11) is -3.86. The standard InChI is InChI=1S/C22H35NO7S/c1-6-28-20(24)17(11-14-19(23)21(25)30-22(3,4)5)8-7-15-29-31(26,27)18-12-9-16(2)10-13-18/h9-10,12-13,17,19H,6-8,11,14-15,23H2,1-5H3. The van der Waals surface area contributed by atoms with Crippen molar-refractivity contribution in [2.24, 2.45) is 11.7 Å². The van der Waals surface area contributed by atoms with Gasteiger partial charge in [-0.3, -0.25) is 13.8 Å². The normalized spacial score (nSPS) is 14.0. The highest BCUT2D eigenvalue weighted by Crippen LogP contribution is 2.20. The van der Waals surface area contributed by atoms with E-state index in [1.165, 1.54) is 12.1 Å². The Labute approximate surface area is 185 Å². The summed E-state index contributed by atoms with van der Waals surface area (Å²) in [6.45, 7) is 8.99. The molecule has 9 heteroatoms. The van der Waals surface area contributed by atoms with E-state index in [0.717, 1.165) is 5.56 Å². The van der Waals surface area contributed by atoms with E-state index in [-0.39, 0.29) is 24.5 Å². The molecule has 0 fully saturated rings. The van der Waals surface area contributed by atoms with Gasteiger partial charge in [-0.2, -0.15) is 8.42 Å². The quantitative estimate of drug-likeness (QED) is 0.289. The van der Waals surface area contributed by atoms with Crippen molar-refractivity contribution < 1.29 is 31.7 Å². The first-order valence-electron chi connectivity index (χ1n) is 10.5. The minimum Gasteiger partial charge on any atom is -0.466 e. The first kappa shape index (κ1) is 27.1. The topological polar surface area (TPSA) is 122 Å². The highest BCUT2D eigenvalue weighted by Gasteiger charge is 2.26. The van der Waals surface area contributed by atoms with Crippen LogP contribution < -0.4 is 5.73 Å². The zero-order valence-electron chi connectivity index (χ0n) is 19.1. The molecule has 176 valence electrons. The Morgan fingerprint density at radius 2 is 1.65 bits per heavy atom. The van der Waals surface area contributed by atoms with Crippen molar-refractivity contribution in [2.45, 2.75) is 76.8 Å². The number of nitrogens with two attached hydrogens (primary N) is 1. The van der Waals surface area contributed by atoms with Crippen LogP contribution in [0.5, 0.6) is 0 Å². The summed E-state index contributed by atoms with van der Waals surface area (Å²) in [6.07, 6.45) is 1.25. The summed E-state index contributed by atoms with van der Waals surface area (Å²) in [5.74, 6) is -1.44. The fraction of sp³-hybridized carbons (Fsp3) is 0.636. The number of benzene rings is 1. The number of ether oxygens (including phenoxy) is 2. The van der Waals surface area contributed by atoms with E-state index in [9.17, 15) is 18.0 Å². The number of hydrogen-bond acceptors (Lipinski definition) is 8. The highest BCUT2D eigenvalue weighted by molar-refractivity contribution is 7.86. The first-order chi connectivity index (χ1) is 14.4. The molecule has 1 aromatic rings. The summed E-state index contributed by atoms with van der Waals surface area (Å²) in [5.41, 5.74) is 6.20. The van der Waals surface area contributed by atoms with Gasteiger partial charge in [-0.1, -0.05) is 17.7 Å². The third kappa shape index (κ3) is 10.3. The van der Waals surface area contributed by atoms with E-state index in [1.807, 2.05) is 6.92 Å². The molecule has 1 aromatic carbocycles. The molecule has 0 amide bonds. The number of esters is 2. The molecule has 0 saturated carbocycles. The van der Waals surface area contributed by atoms with Crippen LogP contribution in [0, 0.1) is 12.8 Å². The minimum absolute atomic E-state index is 0.0652. The second-order valence-corrected chi connectivity index (χ2v) is 10.0. The molecule has 2 atom stereocenters. The minimum atomic E-state index is -3.86. The van der Waals surface area contributed by atoms with Gasteiger partial charge in [-0.25, -0.2) is 0 Å². The molecule has 0 heterocycles. The lowest BCUT2D eigenvalue weighted by Gasteiger charge is -2.23. The van der Waals surface area contributed by atoms with Crippen molar-refractivity contribution in [3.8, 4) is 0 Å². The van der Waals surface area contributed by atoms with Crippen molar-refractivity contribution in [1.82, 2.24) is 0 Å². The average Bonchev–Trinajstić information content (AvgIpc) is 2.66. The first-order valence-corrected chi connectivity index (χ1v) is 11.9. The summed E-state index contributed by atoms with van der Waals surface area (Å²) in [6, 6.07) is 5.52. The van der Waals surface area contributed by atoms with E-state index in [2.05, 4.69) is 0 Å². The maximum Gasteiger partial charge on any atom is 0.323 e. The van der Waals surface area contributed by atoms with Gasteiger partial charge in [-0.05, 0) is 72.4 Å². The number of hydrogen-bond donors (Lipinski definition) is 1. The molecule has 0 aliphatic carbocycles. The number of rotatable bonds is 12.